The van der Waals surface area contributed by atoms with Gasteiger partial charge in [0, 0.05) is 18.1 Å². The van der Waals surface area contributed by atoms with Crippen molar-refractivity contribution in [1.82, 2.24) is 9.97 Å². The zero-order chi connectivity index (χ0) is 22.4. The van der Waals surface area contributed by atoms with Crippen molar-refractivity contribution in [2.75, 3.05) is 10.0 Å². The number of carbonyl (C=O) groups is 1. The summed E-state index contributed by atoms with van der Waals surface area (Å²) >= 11 is 0. The molecule has 3 aromatic rings. The molecule has 0 bridgehead atoms. The molecule has 0 saturated carbocycles. The SMILES string of the molecule is CC[C@@H](Oc1cc(C)ccc1C)C(=O)Nc1ccc(S(=O)(=O)Nc2ncccn2)cc1. The van der Waals surface area contributed by atoms with E-state index in [0.717, 1.165) is 11.1 Å². The molecule has 2 aromatic carbocycles. The van der Waals surface area contributed by atoms with Crippen LogP contribution in [0.1, 0.15) is 24.5 Å². The van der Waals surface area contributed by atoms with E-state index in [-0.39, 0.29) is 16.8 Å². The van der Waals surface area contributed by atoms with Crippen molar-refractivity contribution in [1.29, 1.82) is 0 Å². The molecule has 0 unspecified atom stereocenters. The molecule has 1 amide bonds. The molecule has 0 aliphatic rings. The number of carbonyl (C=O) groups excluding carboxylic acids is 1. The van der Waals surface area contributed by atoms with Crippen LogP contribution in [0.5, 0.6) is 5.75 Å². The largest absolute Gasteiger partial charge is 0.480 e. The molecular formula is C22H24N4O4S. The van der Waals surface area contributed by atoms with Gasteiger partial charge in [0.25, 0.3) is 15.9 Å². The van der Waals surface area contributed by atoms with Crippen LogP contribution in [0.3, 0.4) is 0 Å². The molecule has 0 aliphatic carbocycles. The van der Waals surface area contributed by atoms with Crippen LogP contribution in [0.25, 0.3) is 0 Å². The standard InChI is InChI=1S/C22H24N4O4S/c1-4-19(30-20-14-15(2)6-7-16(20)3)21(27)25-17-8-10-18(11-9-17)31(28,29)26-22-23-12-5-13-24-22/h5-14,19H,4H2,1-3H3,(H,25,27)(H,23,24,26)/t19-/m1/s1. The number of benzene rings is 2. The molecule has 1 aromatic heterocycles. The van der Waals surface area contributed by atoms with E-state index in [4.69, 9.17) is 4.74 Å². The number of nitrogens with zero attached hydrogens (tertiary/aromatic N) is 2. The van der Waals surface area contributed by atoms with Gasteiger partial charge in [0.15, 0.2) is 6.10 Å². The van der Waals surface area contributed by atoms with Crippen LogP contribution >= 0.6 is 0 Å². The highest BCUT2D eigenvalue weighted by Gasteiger charge is 2.20. The Kier molecular flexibility index (Phi) is 6.86. The van der Waals surface area contributed by atoms with E-state index in [0.29, 0.717) is 17.9 Å². The second-order valence-corrected chi connectivity index (χ2v) is 8.66. The Morgan fingerprint density at radius 2 is 1.74 bits per heavy atom. The third kappa shape index (κ3) is 5.79. The smallest absolute Gasteiger partial charge is 0.265 e. The van der Waals surface area contributed by atoms with Gasteiger partial charge in [-0.1, -0.05) is 19.1 Å². The normalized spacial score (nSPS) is 12.1. The zero-order valence-corrected chi connectivity index (χ0v) is 18.3. The first-order chi connectivity index (χ1) is 14.8. The summed E-state index contributed by atoms with van der Waals surface area (Å²) in [6, 6.07) is 13.2. The lowest BCUT2D eigenvalue weighted by Gasteiger charge is -2.19. The number of amides is 1. The van der Waals surface area contributed by atoms with Gasteiger partial charge in [-0.3, -0.25) is 4.79 Å². The fraction of sp³-hybridized carbons (Fsp3) is 0.227. The van der Waals surface area contributed by atoms with Gasteiger partial charge in [-0.2, -0.15) is 0 Å². The highest BCUT2D eigenvalue weighted by molar-refractivity contribution is 7.92. The number of sulfonamides is 1. The fourth-order valence-corrected chi connectivity index (χ4v) is 3.74. The van der Waals surface area contributed by atoms with Crippen LogP contribution in [0.2, 0.25) is 0 Å². The third-order valence-electron chi connectivity index (χ3n) is 4.50. The molecule has 0 radical (unpaired) electrons. The molecule has 0 spiro atoms. The lowest BCUT2D eigenvalue weighted by atomic mass is 10.1. The van der Waals surface area contributed by atoms with Gasteiger partial charge in [0.05, 0.1) is 4.90 Å². The Bertz CT molecular complexity index is 1150. The lowest BCUT2D eigenvalue weighted by molar-refractivity contribution is -0.122. The van der Waals surface area contributed by atoms with E-state index in [9.17, 15) is 13.2 Å². The maximum atomic E-state index is 12.7. The number of anilines is 2. The van der Waals surface area contributed by atoms with Crippen LogP contribution in [0.15, 0.2) is 65.8 Å². The summed E-state index contributed by atoms with van der Waals surface area (Å²) in [6.45, 7) is 5.75. The molecule has 0 fully saturated rings. The monoisotopic (exact) mass is 440 g/mol. The fourth-order valence-electron chi connectivity index (χ4n) is 2.78. The Labute approximate surface area is 181 Å². The molecular weight excluding hydrogens is 416 g/mol. The van der Waals surface area contributed by atoms with Gasteiger partial charge < -0.3 is 10.1 Å². The van der Waals surface area contributed by atoms with Crippen molar-refractivity contribution in [3.63, 3.8) is 0 Å². The highest BCUT2D eigenvalue weighted by atomic mass is 32.2. The number of nitrogens with one attached hydrogen (secondary N) is 2. The first-order valence-corrected chi connectivity index (χ1v) is 11.2. The number of aryl methyl sites for hydroxylation is 2. The number of aromatic nitrogens is 2. The second kappa shape index (κ2) is 9.57. The van der Waals surface area contributed by atoms with Crippen molar-refractivity contribution in [2.24, 2.45) is 0 Å². The molecule has 162 valence electrons. The Morgan fingerprint density at radius 3 is 2.39 bits per heavy atom. The van der Waals surface area contributed by atoms with Crippen LogP contribution in [-0.2, 0) is 14.8 Å². The van der Waals surface area contributed by atoms with Crippen LogP contribution in [0, 0.1) is 13.8 Å². The summed E-state index contributed by atoms with van der Waals surface area (Å²) in [7, 11) is -3.84. The first kappa shape index (κ1) is 22.2. The van der Waals surface area contributed by atoms with Crippen molar-refractivity contribution in [2.45, 2.75) is 38.2 Å². The van der Waals surface area contributed by atoms with Crippen LogP contribution < -0.4 is 14.8 Å². The van der Waals surface area contributed by atoms with E-state index in [1.165, 1.54) is 36.7 Å². The van der Waals surface area contributed by atoms with Gasteiger partial charge in [0.1, 0.15) is 5.75 Å². The number of hydrogen-bond acceptors (Lipinski definition) is 6. The summed E-state index contributed by atoms with van der Waals surface area (Å²) in [5, 5.41) is 2.77. The molecule has 3 rings (SSSR count). The number of rotatable bonds is 8. The van der Waals surface area contributed by atoms with E-state index < -0.39 is 16.1 Å². The quantitative estimate of drug-likeness (QED) is 0.553. The maximum absolute atomic E-state index is 12.7. The summed E-state index contributed by atoms with van der Waals surface area (Å²) in [6.07, 6.45) is 2.68. The van der Waals surface area contributed by atoms with E-state index >= 15 is 0 Å². The van der Waals surface area contributed by atoms with Crippen molar-refractivity contribution in [3.05, 3.63) is 72.1 Å². The summed E-state index contributed by atoms with van der Waals surface area (Å²) in [5.41, 5.74) is 2.45. The molecule has 1 atom stereocenters. The summed E-state index contributed by atoms with van der Waals surface area (Å²) in [4.78, 5) is 20.4. The average Bonchev–Trinajstić information content (AvgIpc) is 2.75. The van der Waals surface area contributed by atoms with Crippen molar-refractivity contribution >= 4 is 27.6 Å². The minimum atomic E-state index is -3.84. The molecule has 1 heterocycles. The number of hydrogen-bond donors (Lipinski definition) is 2. The second-order valence-electron chi connectivity index (χ2n) is 6.98. The Hall–Kier alpha value is -3.46. The minimum absolute atomic E-state index is 0.0192. The van der Waals surface area contributed by atoms with Crippen molar-refractivity contribution < 1.29 is 17.9 Å². The molecule has 2 N–H and O–H groups in total. The highest BCUT2D eigenvalue weighted by Crippen LogP contribution is 2.22. The molecule has 9 heteroatoms. The van der Waals surface area contributed by atoms with Gasteiger partial charge in [-0.15, -0.1) is 0 Å². The molecule has 0 aliphatic heterocycles. The van der Waals surface area contributed by atoms with E-state index in [1.807, 2.05) is 39.0 Å². The first-order valence-electron chi connectivity index (χ1n) is 9.73. The Morgan fingerprint density at radius 1 is 1.06 bits per heavy atom. The topological polar surface area (TPSA) is 110 Å². The van der Waals surface area contributed by atoms with E-state index in [2.05, 4.69) is 20.0 Å². The number of ether oxygens (including phenoxy) is 1. The predicted molar refractivity (Wildman–Crippen MR) is 119 cm³/mol. The van der Waals surface area contributed by atoms with Crippen LogP contribution in [0.4, 0.5) is 11.6 Å². The molecule has 8 nitrogen and oxygen atoms in total. The van der Waals surface area contributed by atoms with Crippen molar-refractivity contribution in [3.8, 4) is 5.75 Å². The molecule has 31 heavy (non-hydrogen) atoms. The Balaban J connectivity index is 1.68. The summed E-state index contributed by atoms with van der Waals surface area (Å²) < 4.78 is 33.1. The van der Waals surface area contributed by atoms with Gasteiger partial charge in [0.2, 0.25) is 5.95 Å². The summed E-state index contributed by atoms with van der Waals surface area (Å²) in [5.74, 6) is 0.335. The zero-order valence-electron chi connectivity index (χ0n) is 17.5. The van der Waals surface area contributed by atoms with Gasteiger partial charge in [-0.05, 0) is 67.8 Å². The minimum Gasteiger partial charge on any atom is -0.480 e. The predicted octanol–water partition coefficient (Wildman–Crippen LogP) is 3.69. The average molecular weight is 441 g/mol. The van der Waals surface area contributed by atoms with Gasteiger partial charge >= 0.3 is 0 Å². The lowest BCUT2D eigenvalue weighted by Crippen LogP contribution is -2.32. The van der Waals surface area contributed by atoms with E-state index in [1.54, 1.807) is 6.07 Å². The van der Waals surface area contributed by atoms with Crippen LogP contribution in [-0.4, -0.2) is 30.4 Å². The molecule has 0 saturated heterocycles. The third-order valence-corrected chi connectivity index (χ3v) is 5.84. The van der Waals surface area contributed by atoms with Gasteiger partial charge in [-0.25, -0.2) is 23.1 Å². The maximum Gasteiger partial charge on any atom is 0.265 e.